The number of carboxylic acids is 1. The Morgan fingerprint density at radius 2 is 2.18 bits per heavy atom. The van der Waals surface area contributed by atoms with Gasteiger partial charge in [0.05, 0.1) is 5.39 Å². The van der Waals surface area contributed by atoms with Crippen molar-refractivity contribution in [3.63, 3.8) is 0 Å². The number of hydrogen-bond donors (Lipinski definition) is 1. The van der Waals surface area contributed by atoms with Gasteiger partial charge >= 0.3 is 5.97 Å². The van der Waals surface area contributed by atoms with Gasteiger partial charge < -0.3 is 9.52 Å². The zero-order valence-corrected chi connectivity index (χ0v) is 9.71. The van der Waals surface area contributed by atoms with E-state index in [0.29, 0.717) is 23.0 Å². The number of furan rings is 1. The van der Waals surface area contributed by atoms with Gasteiger partial charge in [-0.15, -0.1) is 0 Å². The van der Waals surface area contributed by atoms with Crippen molar-refractivity contribution in [3.8, 4) is 0 Å². The van der Waals surface area contributed by atoms with Crippen molar-refractivity contribution in [1.82, 2.24) is 0 Å². The molecule has 0 aliphatic heterocycles. The summed E-state index contributed by atoms with van der Waals surface area (Å²) in [5, 5.41) is 9.37. The summed E-state index contributed by atoms with van der Waals surface area (Å²) in [6, 6.07) is 2.93. The van der Waals surface area contributed by atoms with Crippen LogP contribution in [0.1, 0.15) is 35.0 Å². The minimum Gasteiger partial charge on any atom is -0.475 e. The van der Waals surface area contributed by atoms with Crippen LogP contribution in [0.15, 0.2) is 16.5 Å². The van der Waals surface area contributed by atoms with Gasteiger partial charge in [0.25, 0.3) is 0 Å². The van der Waals surface area contributed by atoms with Gasteiger partial charge in [-0.1, -0.05) is 19.4 Å². The molecule has 4 heteroatoms. The number of rotatable bonds is 3. The van der Waals surface area contributed by atoms with Gasteiger partial charge in [0.2, 0.25) is 5.76 Å². The van der Waals surface area contributed by atoms with Crippen molar-refractivity contribution >= 4 is 16.9 Å². The Labute approximate surface area is 97.9 Å². The Bertz CT molecular complexity index is 584. The molecule has 3 nitrogen and oxygen atoms in total. The van der Waals surface area contributed by atoms with E-state index in [-0.39, 0.29) is 5.76 Å². The van der Waals surface area contributed by atoms with Crippen molar-refractivity contribution in [3.05, 3.63) is 34.8 Å². The van der Waals surface area contributed by atoms with E-state index in [4.69, 9.17) is 9.52 Å². The van der Waals surface area contributed by atoms with Gasteiger partial charge in [-0.2, -0.15) is 0 Å². The zero-order valence-electron chi connectivity index (χ0n) is 9.71. The molecule has 0 radical (unpaired) electrons. The van der Waals surface area contributed by atoms with Gasteiger partial charge in [-0.05, 0) is 25.0 Å². The van der Waals surface area contributed by atoms with Gasteiger partial charge in [0.1, 0.15) is 11.4 Å². The molecular formula is C13H13FO3. The van der Waals surface area contributed by atoms with Crippen LogP contribution in [0.5, 0.6) is 0 Å². The van der Waals surface area contributed by atoms with Crippen molar-refractivity contribution in [2.24, 2.45) is 0 Å². The van der Waals surface area contributed by atoms with Crippen molar-refractivity contribution < 1.29 is 18.7 Å². The lowest BCUT2D eigenvalue weighted by atomic mass is 10.0. The Morgan fingerprint density at radius 3 is 2.76 bits per heavy atom. The van der Waals surface area contributed by atoms with E-state index in [2.05, 4.69) is 0 Å². The molecule has 0 unspecified atom stereocenters. The molecule has 1 heterocycles. The van der Waals surface area contributed by atoms with E-state index >= 15 is 0 Å². The predicted molar refractivity (Wildman–Crippen MR) is 61.9 cm³/mol. The van der Waals surface area contributed by atoms with E-state index in [0.717, 1.165) is 12.0 Å². The fourth-order valence-corrected chi connectivity index (χ4v) is 2.01. The summed E-state index contributed by atoms with van der Waals surface area (Å²) in [7, 11) is 0. The second-order valence-corrected chi connectivity index (χ2v) is 4.03. The normalized spacial score (nSPS) is 11.0. The zero-order chi connectivity index (χ0) is 12.6. The smallest absolute Gasteiger partial charge is 0.372 e. The molecule has 2 rings (SSSR count). The second-order valence-electron chi connectivity index (χ2n) is 4.03. The van der Waals surface area contributed by atoms with Crippen LogP contribution in [0.25, 0.3) is 11.0 Å². The minimum atomic E-state index is -1.15. The molecule has 90 valence electrons. The highest BCUT2D eigenvalue weighted by Gasteiger charge is 2.22. The van der Waals surface area contributed by atoms with E-state index < -0.39 is 11.8 Å². The average Bonchev–Trinajstić information content (AvgIpc) is 2.65. The molecule has 0 bridgehead atoms. The number of hydrogen-bond acceptors (Lipinski definition) is 2. The molecule has 1 aromatic heterocycles. The van der Waals surface area contributed by atoms with Gasteiger partial charge in [0, 0.05) is 5.56 Å². The number of carbonyl (C=O) groups is 1. The van der Waals surface area contributed by atoms with Crippen LogP contribution in [0, 0.1) is 12.7 Å². The molecule has 17 heavy (non-hydrogen) atoms. The minimum absolute atomic E-state index is 0.143. The summed E-state index contributed by atoms with van der Waals surface area (Å²) in [5.74, 6) is -1.72. The van der Waals surface area contributed by atoms with Crippen molar-refractivity contribution in [2.45, 2.75) is 26.7 Å². The molecule has 0 atom stereocenters. The number of fused-ring (bicyclic) bond motifs is 1. The van der Waals surface area contributed by atoms with E-state index in [1.807, 2.05) is 6.92 Å². The van der Waals surface area contributed by atoms with Gasteiger partial charge in [0.15, 0.2) is 0 Å². The van der Waals surface area contributed by atoms with E-state index in [9.17, 15) is 9.18 Å². The monoisotopic (exact) mass is 236 g/mol. The first-order valence-corrected chi connectivity index (χ1v) is 5.50. The van der Waals surface area contributed by atoms with Crippen LogP contribution in [0.4, 0.5) is 4.39 Å². The highest BCUT2D eigenvalue weighted by Crippen LogP contribution is 2.31. The fraction of sp³-hybridized carbons (Fsp3) is 0.308. The summed E-state index contributed by atoms with van der Waals surface area (Å²) < 4.78 is 19.1. The quantitative estimate of drug-likeness (QED) is 0.886. The first kappa shape index (κ1) is 11.6. The van der Waals surface area contributed by atoms with Crippen LogP contribution in [0.2, 0.25) is 0 Å². The third-order valence-electron chi connectivity index (χ3n) is 2.78. The fourth-order valence-electron chi connectivity index (χ4n) is 2.01. The summed E-state index contributed by atoms with van der Waals surface area (Å²) in [6.07, 6.45) is 1.23. The highest BCUT2D eigenvalue weighted by atomic mass is 19.1. The third kappa shape index (κ3) is 1.79. The summed E-state index contributed by atoms with van der Waals surface area (Å²) >= 11 is 0. The summed E-state index contributed by atoms with van der Waals surface area (Å²) in [6.45, 7) is 3.69. The van der Waals surface area contributed by atoms with Crippen LogP contribution in [0.3, 0.4) is 0 Å². The molecule has 0 aliphatic carbocycles. The standard InChI is InChI=1S/C13H13FO3/c1-3-4-8-10-9(14)6-5-7(2)11(10)17-12(8)13(15)16/h5-6H,3-4H2,1-2H3,(H,15,16). The molecular weight excluding hydrogens is 223 g/mol. The van der Waals surface area contributed by atoms with Crippen molar-refractivity contribution in [2.75, 3.05) is 0 Å². The molecule has 1 aromatic carbocycles. The van der Waals surface area contributed by atoms with E-state index in [1.54, 1.807) is 13.0 Å². The summed E-state index contributed by atoms with van der Waals surface area (Å²) in [5.41, 5.74) is 1.54. The largest absolute Gasteiger partial charge is 0.475 e. The number of aryl methyl sites for hydroxylation is 2. The number of benzene rings is 1. The lowest BCUT2D eigenvalue weighted by Gasteiger charge is -1.98. The Balaban J connectivity index is 2.84. The first-order valence-electron chi connectivity index (χ1n) is 5.50. The molecule has 0 saturated carbocycles. The maximum absolute atomic E-state index is 13.8. The summed E-state index contributed by atoms with van der Waals surface area (Å²) in [4.78, 5) is 11.1. The average molecular weight is 236 g/mol. The van der Waals surface area contributed by atoms with Crippen molar-refractivity contribution in [1.29, 1.82) is 0 Å². The Kier molecular flexibility index (Phi) is 2.88. The third-order valence-corrected chi connectivity index (χ3v) is 2.78. The molecule has 0 saturated heterocycles. The molecule has 0 aliphatic rings. The van der Waals surface area contributed by atoms with Crippen LogP contribution >= 0.6 is 0 Å². The molecule has 2 aromatic rings. The number of halogens is 1. The number of aromatic carboxylic acids is 1. The predicted octanol–water partition coefficient (Wildman–Crippen LogP) is 3.53. The van der Waals surface area contributed by atoms with Crippen LogP contribution in [-0.2, 0) is 6.42 Å². The first-order chi connectivity index (χ1) is 8.06. The molecule has 1 N–H and O–H groups in total. The maximum Gasteiger partial charge on any atom is 0.372 e. The molecule has 0 fully saturated rings. The Morgan fingerprint density at radius 1 is 1.47 bits per heavy atom. The lowest BCUT2D eigenvalue weighted by molar-refractivity contribution is 0.0663. The Hall–Kier alpha value is -1.84. The molecule has 0 amide bonds. The van der Waals surface area contributed by atoms with E-state index in [1.165, 1.54) is 6.07 Å². The van der Waals surface area contributed by atoms with Gasteiger partial charge in [-0.25, -0.2) is 9.18 Å². The lowest BCUT2D eigenvalue weighted by Crippen LogP contribution is -1.99. The molecule has 0 spiro atoms. The van der Waals surface area contributed by atoms with Crippen LogP contribution in [-0.4, -0.2) is 11.1 Å². The SMILES string of the molecule is CCCc1c(C(=O)O)oc2c(C)ccc(F)c12. The van der Waals surface area contributed by atoms with Gasteiger partial charge in [-0.3, -0.25) is 0 Å². The number of carboxylic acid groups (broad SMARTS) is 1. The topological polar surface area (TPSA) is 50.4 Å². The highest BCUT2D eigenvalue weighted by molar-refractivity contribution is 5.96. The van der Waals surface area contributed by atoms with Crippen LogP contribution < -0.4 is 0 Å². The second kappa shape index (κ2) is 4.20. The maximum atomic E-state index is 13.8.